The Labute approximate surface area is 126 Å². The molecule has 1 N–H and O–H groups in total. The van der Waals surface area contributed by atoms with Gasteiger partial charge in [-0.1, -0.05) is 29.8 Å². The quantitative estimate of drug-likeness (QED) is 0.687. The van der Waals surface area contributed by atoms with Gasteiger partial charge >= 0.3 is 5.97 Å². The largest absolute Gasteiger partial charge is 0.467 e. The van der Waals surface area contributed by atoms with Crippen LogP contribution in [0.3, 0.4) is 0 Å². The van der Waals surface area contributed by atoms with Gasteiger partial charge in [-0.25, -0.2) is 9.18 Å². The predicted octanol–water partition coefficient (Wildman–Crippen LogP) is 2.78. The molecule has 0 spiro atoms. The summed E-state index contributed by atoms with van der Waals surface area (Å²) in [5.41, 5.74) is 0.294. The second kappa shape index (κ2) is 6.72. The van der Waals surface area contributed by atoms with Gasteiger partial charge in [0.15, 0.2) is 6.04 Å². The highest BCUT2D eigenvalue weighted by atomic mass is 35.5. The zero-order valence-electron chi connectivity index (χ0n) is 11.4. The molecular weight excluding hydrogens is 297 g/mol. The maximum atomic E-state index is 13.5. The lowest BCUT2D eigenvalue weighted by atomic mass is 10.0. The molecule has 6 heteroatoms. The number of amides is 1. The van der Waals surface area contributed by atoms with E-state index in [0.717, 1.165) is 6.07 Å². The molecule has 0 heterocycles. The van der Waals surface area contributed by atoms with Crippen molar-refractivity contribution in [2.24, 2.45) is 5.92 Å². The summed E-state index contributed by atoms with van der Waals surface area (Å²) in [5.74, 6) is -1.77. The van der Waals surface area contributed by atoms with Crippen molar-refractivity contribution in [1.82, 2.24) is 5.32 Å². The first kappa shape index (κ1) is 15.5. The number of rotatable bonds is 4. The maximum Gasteiger partial charge on any atom is 0.333 e. The van der Waals surface area contributed by atoms with Gasteiger partial charge in [-0.15, -0.1) is 0 Å². The first-order valence-corrected chi connectivity index (χ1v) is 6.89. The van der Waals surface area contributed by atoms with Gasteiger partial charge in [0.1, 0.15) is 5.82 Å². The number of ether oxygens (including phenoxy) is 1. The average Bonchev–Trinajstić information content (AvgIpc) is 3.01. The van der Waals surface area contributed by atoms with Gasteiger partial charge in [-0.05, 0) is 30.5 Å². The van der Waals surface area contributed by atoms with E-state index in [1.54, 1.807) is 0 Å². The van der Waals surface area contributed by atoms with E-state index in [9.17, 15) is 14.0 Å². The molecule has 1 atom stereocenters. The Balaban J connectivity index is 2.19. The molecular formula is C15H15ClFNO3. The molecule has 1 aliphatic carbocycles. The molecule has 1 aliphatic rings. The fourth-order valence-electron chi connectivity index (χ4n) is 2.18. The molecule has 1 amide bonds. The SMILES string of the molecule is COC(=O)[C@@H](NC(=O)C1CC=CC1)c1ccc(Cl)c(F)c1. The average molecular weight is 312 g/mol. The standard InChI is InChI=1S/C15H15ClFNO3/c1-21-15(20)13(10-6-7-11(16)12(17)8-10)18-14(19)9-4-2-3-5-9/h2-3,6-9,13H,4-5H2,1H3,(H,18,19)/t13-/m0/s1. The Kier molecular flexibility index (Phi) is 4.96. The maximum absolute atomic E-state index is 13.5. The number of hydrogen-bond acceptors (Lipinski definition) is 3. The fourth-order valence-corrected chi connectivity index (χ4v) is 2.30. The number of nitrogens with one attached hydrogen (secondary N) is 1. The van der Waals surface area contributed by atoms with E-state index >= 15 is 0 Å². The molecule has 112 valence electrons. The van der Waals surface area contributed by atoms with Crippen LogP contribution in [0.15, 0.2) is 30.4 Å². The van der Waals surface area contributed by atoms with E-state index in [1.807, 2.05) is 12.2 Å². The van der Waals surface area contributed by atoms with Crippen molar-refractivity contribution in [3.8, 4) is 0 Å². The highest BCUT2D eigenvalue weighted by Gasteiger charge is 2.28. The third-order valence-electron chi connectivity index (χ3n) is 3.38. The molecule has 2 rings (SSSR count). The number of halogens is 2. The van der Waals surface area contributed by atoms with Crippen LogP contribution in [0.4, 0.5) is 4.39 Å². The Hall–Kier alpha value is -1.88. The van der Waals surface area contributed by atoms with Crippen molar-refractivity contribution in [3.05, 3.63) is 46.8 Å². The van der Waals surface area contributed by atoms with Crippen molar-refractivity contribution in [3.63, 3.8) is 0 Å². The summed E-state index contributed by atoms with van der Waals surface area (Å²) in [7, 11) is 1.21. The molecule has 0 saturated carbocycles. The first-order chi connectivity index (χ1) is 10.0. The fraction of sp³-hybridized carbons (Fsp3) is 0.333. The Morgan fingerprint density at radius 1 is 1.38 bits per heavy atom. The van der Waals surface area contributed by atoms with E-state index < -0.39 is 17.8 Å². The number of hydrogen-bond donors (Lipinski definition) is 1. The molecule has 0 bridgehead atoms. The van der Waals surface area contributed by atoms with Crippen LogP contribution in [0.1, 0.15) is 24.4 Å². The smallest absolute Gasteiger partial charge is 0.333 e. The van der Waals surface area contributed by atoms with Crippen molar-refractivity contribution >= 4 is 23.5 Å². The van der Waals surface area contributed by atoms with Crippen LogP contribution in [0.2, 0.25) is 5.02 Å². The van der Waals surface area contributed by atoms with Crippen LogP contribution in [-0.2, 0) is 14.3 Å². The van der Waals surface area contributed by atoms with E-state index in [0.29, 0.717) is 18.4 Å². The second-order valence-corrected chi connectivity index (χ2v) is 5.19. The molecule has 0 saturated heterocycles. The predicted molar refractivity (Wildman–Crippen MR) is 76.2 cm³/mol. The van der Waals surface area contributed by atoms with Crippen molar-refractivity contribution < 1.29 is 18.7 Å². The number of esters is 1. The Morgan fingerprint density at radius 3 is 2.62 bits per heavy atom. The molecule has 0 unspecified atom stereocenters. The molecule has 1 aromatic rings. The molecule has 4 nitrogen and oxygen atoms in total. The zero-order chi connectivity index (χ0) is 15.4. The van der Waals surface area contributed by atoms with Crippen LogP contribution < -0.4 is 5.32 Å². The lowest BCUT2D eigenvalue weighted by molar-refractivity contribution is -0.145. The van der Waals surface area contributed by atoms with Crippen LogP contribution in [0.25, 0.3) is 0 Å². The highest BCUT2D eigenvalue weighted by Crippen LogP contribution is 2.23. The summed E-state index contributed by atoms with van der Waals surface area (Å²) in [4.78, 5) is 24.0. The lowest BCUT2D eigenvalue weighted by Gasteiger charge is -2.19. The summed E-state index contributed by atoms with van der Waals surface area (Å²) in [5, 5.41) is 2.56. The molecule has 1 aromatic carbocycles. The monoisotopic (exact) mass is 311 g/mol. The Bertz CT molecular complexity index is 580. The molecule has 0 aromatic heterocycles. The number of carbonyl (C=O) groups excluding carboxylic acids is 2. The Morgan fingerprint density at radius 2 is 2.05 bits per heavy atom. The van der Waals surface area contributed by atoms with Gasteiger partial charge in [-0.2, -0.15) is 0 Å². The molecule has 21 heavy (non-hydrogen) atoms. The van der Waals surface area contributed by atoms with Gasteiger partial charge < -0.3 is 10.1 Å². The van der Waals surface area contributed by atoms with Gasteiger partial charge in [0.05, 0.1) is 12.1 Å². The molecule has 0 fully saturated rings. The minimum atomic E-state index is -1.05. The van der Waals surface area contributed by atoms with Gasteiger partial charge in [0.2, 0.25) is 5.91 Å². The first-order valence-electron chi connectivity index (χ1n) is 6.51. The van der Waals surface area contributed by atoms with E-state index in [1.165, 1.54) is 19.2 Å². The minimum Gasteiger partial charge on any atom is -0.467 e. The number of methoxy groups -OCH3 is 1. The number of allylic oxidation sites excluding steroid dienone is 2. The van der Waals surface area contributed by atoms with Crippen molar-refractivity contribution in [2.45, 2.75) is 18.9 Å². The van der Waals surface area contributed by atoms with Gasteiger partial charge in [0.25, 0.3) is 0 Å². The third kappa shape index (κ3) is 3.61. The van der Waals surface area contributed by atoms with Gasteiger partial charge in [-0.3, -0.25) is 4.79 Å². The normalized spacial score (nSPS) is 15.8. The minimum absolute atomic E-state index is 0.0475. The van der Waals surface area contributed by atoms with E-state index in [-0.39, 0.29) is 16.8 Å². The molecule has 0 aliphatic heterocycles. The highest BCUT2D eigenvalue weighted by molar-refractivity contribution is 6.30. The molecule has 0 radical (unpaired) electrons. The van der Waals surface area contributed by atoms with Crippen LogP contribution in [-0.4, -0.2) is 19.0 Å². The van der Waals surface area contributed by atoms with Crippen LogP contribution >= 0.6 is 11.6 Å². The third-order valence-corrected chi connectivity index (χ3v) is 3.69. The summed E-state index contributed by atoms with van der Waals surface area (Å²) in [6, 6.07) is 2.90. The topological polar surface area (TPSA) is 55.4 Å². The van der Waals surface area contributed by atoms with Crippen molar-refractivity contribution in [1.29, 1.82) is 0 Å². The van der Waals surface area contributed by atoms with Crippen molar-refractivity contribution in [2.75, 3.05) is 7.11 Å². The van der Waals surface area contributed by atoms with E-state index in [4.69, 9.17) is 11.6 Å². The summed E-state index contributed by atoms with van der Waals surface area (Å²) >= 11 is 5.62. The van der Waals surface area contributed by atoms with Gasteiger partial charge in [0, 0.05) is 5.92 Å². The van der Waals surface area contributed by atoms with Crippen LogP contribution in [0, 0.1) is 11.7 Å². The van der Waals surface area contributed by atoms with Crippen LogP contribution in [0.5, 0.6) is 0 Å². The zero-order valence-corrected chi connectivity index (χ0v) is 12.2. The summed E-state index contributed by atoms with van der Waals surface area (Å²) in [6.45, 7) is 0. The second-order valence-electron chi connectivity index (χ2n) is 4.78. The summed E-state index contributed by atoms with van der Waals surface area (Å²) in [6.07, 6.45) is 5.10. The number of carbonyl (C=O) groups is 2. The lowest BCUT2D eigenvalue weighted by Crippen LogP contribution is -2.37. The number of benzene rings is 1. The summed E-state index contributed by atoms with van der Waals surface area (Å²) < 4.78 is 18.2. The van der Waals surface area contributed by atoms with E-state index in [2.05, 4.69) is 10.1 Å².